The fourth-order valence-corrected chi connectivity index (χ4v) is 3.38. The number of aromatic nitrogens is 1. The second-order valence-electron chi connectivity index (χ2n) is 6.65. The minimum Gasteiger partial charge on any atom is -0.351 e. The van der Waals surface area contributed by atoms with Crippen molar-refractivity contribution in [2.45, 2.75) is 45.3 Å². The third kappa shape index (κ3) is 3.56. The first kappa shape index (κ1) is 17.5. The number of rotatable bonds is 4. The van der Waals surface area contributed by atoms with E-state index >= 15 is 0 Å². The molecule has 5 nitrogen and oxygen atoms in total. The molecule has 1 aliphatic rings. The minimum atomic E-state index is -0.885. The molecule has 0 aliphatic carbocycles. The topological polar surface area (TPSA) is 58.4 Å². The van der Waals surface area contributed by atoms with E-state index in [1.807, 2.05) is 13.8 Å². The van der Waals surface area contributed by atoms with Crippen molar-refractivity contribution in [3.05, 3.63) is 52.9 Å². The van der Waals surface area contributed by atoms with E-state index in [-0.39, 0.29) is 29.8 Å². The van der Waals surface area contributed by atoms with Gasteiger partial charge in [-0.2, -0.15) is 0 Å². The first-order valence-corrected chi connectivity index (χ1v) is 8.31. The van der Waals surface area contributed by atoms with E-state index in [0.717, 1.165) is 12.6 Å². The standard InChI is InChI=1S/C18H21F2N3O2/c1-10(2)23-7-6-15(21-18(24)16-8-11(3)22-25-16)17(23)12-4-5-13(19)14(20)9-12/h4-5,8-10,15,17H,6-7H2,1-3H3,(H,21,24)/t15-,17+/m1/s1. The Labute approximate surface area is 145 Å². The summed E-state index contributed by atoms with van der Waals surface area (Å²) in [6, 6.07) is 5.21. The molecule has 2 atom stereocenters. The molecule has 1 N–H and O–H groups in total. The second kappa shape index (κ2) is 6.92. The van der Waals surface area contributed by atoms with Gasteiger partial charge in [0.25, 0.3) is 5.91 Å². The van der Waals surface area contributed by atoms with Crippen molar-refractivity contribution in [1.82, 2.24) is 15.4 Å². The van der Waals surface area contributed by atoms with Crippen LogP contribution in [0, 0.1) is 18.6 Å². The van der Waals surface area contributed by atoms with Gasteiger partial charge in [-0.15, -0.1) is 0 Å². The summed E-state index contributed by atoms with van der Waals surface area (Å²) in [4.78, 5) is 14.6. The smallest absolute Gasteiger partial charge is 0.290 e. The normalized spacial score (nSPS) is 21.0. The monoisotopic (exact) mass is 349 g/mol. The second-order valence-corrected chi connectivity index (χ2v) is 6.65. The highest BCUT2D eigenvalue weighted by atomic mass is 19.2. The highest BCUT2D eigenvalue weighted by Gasteiger charge is 2.38. The predicted molar refractivity (Wildman–Crippen MR) is 88.1 cm³/mol. The third-order valence-corrected chi connectivity index (χ3v) is 4.55. The lowest BCUT2D eigenvalue weighted by Gasteiger charge is -2.31. The van der Waals surface area contributed by atoms with Gasteiger partial charge in [-0.1, -0.05) is 11.2 Å². The van der Waals surface area contributed by atoms with Crippen molar-refractivity contribution in [1.29, 1.82) is 0 Å². The summed E-state index contributed by atoms with van der Waals surface area (Å²) in [5.41, 5.74) is 1.27. The number of carbonyl (C=O) groups excluding carboxylic acids is 1. The number of nitrogens with zero attached hydrogens (tertiary/aromatic N) is 2. The van der Waals surface area contributed by atoms with Crippen molar-refractivity contribution >= 4 is 5.91 Å². The van der Waals surface area contributed by atoms with Gasteiger partial charge in [0.15, 0.2) is 11.6 Å². The van der Waals surface area contributed by atoms with Gasteiger partial charge in [0.1, 0.15) is 0 Å². The van der Waals surface area contributed by atoms with Crippen LogP contribution in [0.15, 0.2) is 28.8 Å². The Morgan fingerprint density at radius 3 is 2.68 bits per heavy atom. The summed E-state index contributed by atoms with van der Waals surface area (Å²) in [5.74, 6) is -1.98. The lowest BCUT2D eigenvalue weighted by atomic mass is 9.99. The molecule has 1 aromatic carbocycles. The Morgan fingerprint density at radius 2 is 2.08 bits per heavy atom. The van der Waals surface area contributed by atoms with Gasteiger partial charge in [-0.05, 0) is 44.9 Å². The van der Waals surface area contributed by atoms with Crippen LogP contribution in [-0.2, 0) is 0 Å². The van der Waals surface area contributed by atoms with Crippen LogP contribution >= 0.6 is 0 Å². The molecule has 7 heteroatoms. The molecule has 1 saturated heterocycles. The van der Waals surface area contributed by atoms with E-state index in [1.54, 1.807) is 19.1 Å². The molecule has 0 unspecified atom stereocenters. The van der Waals surface area contributed by atoms with Gasteiger partial charge in [-0.25, -0.2) is 8.78 Å². The van der Waals surface area contributed by atoms with Crippen molar-refractivity contribution in [3.63, 3.8) is 0 Å². The Hall–Kier alpha value is -2.28. The fourth-order valence-electron chi connectivity index (χ4n) is 3.38. The molecule has 0 saturated carbocycles. The van der Waals surface area contributed by atoms with Gasteiger partial charge in [-0.3, -0.25) is 9.69 Å². The van der Waals surface area contributed by atoms with Gasteiger partial charge in [0.2, 0.25) is 5.76 Å². The van der Waals surface area contributed by atoms with Crippen LogP contribution in [0.2, 0.25) is 0 Å². The number of carbonyl (C=O) groups is 1. The number of hydrogen-bond acceptors (Lipinski definition) is 4. The van der Waals surface area contributed by atoms with E-state index < -0.39 is 11.6 Å². The summed E-state index contributed by atoms with van der Waals surface area (Å²) in [5, 5.41) is 6.66. The first-order chi connectivity index (χ1) is 11.9. The van der Waals surface area contributed by atoms with E-state index in [2.05, 4.69) is 15.4 Å². The third-order valence-electron chi connectivity index (χ3n) is 4.55. The molecule has 0 radical (unpaired) electrons. The number of benzene rings is 1. The van der Waals surface area contributed by atoms with Crippen LogP contribution in [0.1, 0.15) is 48.1 Å². The van der Waals surface area contributed by atoms with E-state index in [9.17, 15) is 13.6 Å². The maximum atomic E-state index is 13.7. The Kier molecular flexibility index (Phi) is 4.85. The zero-order valence-corrected chi connectivity index (χ0v) is 14.4. The largest absolute Gasteiger partial charge is 0.351 e. The lowest BCUT2D eigenvalue weighted by molar-refractivity contribution is 0.0882. The molecule has 0 spiro atoms. The number of halogens is 2. The van der Waals surface area contributed by atoms with Crippen LogP contribution in [0.5, 0.6) is 0 Å². The molecule has 2 heterocycles. The molecule has 25 heavy (non-hydrogen) atoms. The molecule has 2 aromatic rings. The average Bonchev–Trinajstić information content (AvgIpc) is 3.16. The average molecular weight is 349 g/mol. The van der Waals surface area contributed by atoms with Crippen LogP contribution < -0.4 is 5.32 Å². The Balaban J connectivity index is 1.86. The number of nitrogens with one attached hydrogen (secondary N) is 1. The Bertz CT molecular complexity index is 775. The first-order valence-electron chi connectivity index (χ1n) is 8.31. The zero-order valence-electron chi connectivity index (χ0n) is 14.4. The lowest BCUT2D eigenvalue weighted by Crippen LogP contribution is -2.41. The van der Waals surface area contributed by atoms with Crippen LogP contribution in [0.4, 0.5) is 8.78 Å². The summed E-state index contributed by atoms with van der Waals surface area (Å²) in [6.45, 7) is 6.57. The maximum absolute atomic E-state index is 13.7. The predicted octanol–water partition coefficient (Wildman–Crippen LogP) is 3.22. The fraction of sp³-hybridized carbons (Fsp3) is 0.444. The van der Waals surface area contributed by atoms with Crippen LogP contribution in [-0.4, -0.2) is 34.6 Å². The summed E-state index contributed by atoms with van der Waals surface area (Å²) in [6.07, 6.45) is 0.709. The molecule has 1 fully saturated rings. The SMILES string of the molecule is Cc1cc(C(=O)N[C@@H]2CCN(C(C)C)[C@H]2c2ccc(F)c(F)c2)on1. The molecule has 1 amide bonds. The molecule has 3 rings (SSSR count). The summed E-state index contributed by atoms with van der Waals surface area (Å²) >= 11 is 0. The minimum absolute atomic E-state index is 0.143. The zero-order chi connectivity index (χ0) is 18.1. The molecular formula is C18H21F2N3O2. The summed E-state index contributed by atoms with van der Waals surface area (Å²) in [7, 11) is 0. The van der Waals surface area contributed by atoms with Crippen molar-refractivity contribution in [2.75, 3.05) is 6.54 Å². The van der Waals surface area contributed by atoms with Crippen LogP contribution in [0.25, 0.3) is 0 Å². The van der Waals surface area contributed by atoms with E-state index in [0.29, 0.717) is 17.7 Å². The van der Waals surface area contributed by atoms with Crippen LogP contribution in [0.3, 0.4) is 0 Å². The summed E-state index contributed by atoms with van der Waals surface area (Å²) < 4.78 is 32.0. The van der Waals surface area contributed by atoms with Crippen molar-refractivity contribution < 1.29 is 18.1 Å². The highest BCUT2D eigenvalue weighted by molar-refractivity contribution is 5.91. The van der Waals surface area contributed by atoms with Gasteiger partial charge in [0.05, 0.1) is 17.8 Å². The number of hydrogen-bond donors (Lipinski definition) is 1. The molecule has 1 aromatic heterocycles. The Morgan fingerprint density at radius 1 is 1.32 bits per heavy atom. The van der Waals surface area contributed by atoms with Gasteiger partial charge in [0, 0.05) is 18.7 Å². The number of amides is 1. The maximum Gasteiger partial charge on any atom is 0.290 e. The number of likely N-dealkylation sites (tertiary alicyclic amines) is 1. The van der Waals surface area contributed by atoms with E-state index in [1.165, 1.54) is 6.07 Å². The van der Waals surface area contributed by atoms with Gasteiger partial charge >= 0.3 is 0 Å². The highest BCUT2D eigenvalue weighted by Crippen LogP contribution is 2.34. The molecule has 0 bridgehead atoms. The number of aryl methyl sites for hydroxylation is 1. The molecule has 134 valence electrons. The van der Waals surface area contributed by atoms with Crippen molar-refractivity contribution in [3.8, 4) is 0 Å². The van der Waals surface area contributed by atoms with E-state index in [4.69, 9.17) is 4.52 Å². The molecular weight excluding hydrogens is 328 g/mol. The molecule has 1 aliphatic heterocycles. The van der Waals surface area contributed by atoms with Crippen molar-refractivity contribution in [2.24, 2.45) is 0 Å². The quantitative estimate of drug-likeness (QED) is 0.921. The van der Waals surface area contributed by atoms with Gasteiger partial charge < -0.3 is 9.84 Å².